The zero-order valence-electron chi connectivity index (χ0n) is 30.0. The number of carbonyl (C=O) groups excluding carboxylic acids is 3. The number of nitrogens with one attached hydrogen (secondary N) is 2. The smallest absolute Gasteiger partial charge is 0.243 e. The Kier molecular flexibility index (Phi) is 44.7. The van der Waals surface area contributed by atoms with Crippen LogP contribution in [0.2, 0.25) is 0 Å². The van der Waals surface area contributed by atoms with Crippen LogP contribution in [0.5, 0.6) is 0 Å². The van der Waals surface area contributed by atoms with Crippen molar-refractivity contribution in [3.05, 3.63) is 24.3 Å². The van der Waals surface area contributed by atoms with E-state index in [0.717, 1.165) is 31.5 Å². The third kappa shape index (κ3) is 41.6. The first-order chi connectivity index (χ1) is 19.7. The van der Waals surface area contributed by atoms with Gasteiger partial charge in [-0.1, -0.05) is 100 Å². The van der Waals surface area contributed by atoms with Gasteiger partial charge in [0.05, 0.1) is 6.54 Å². The second-order valence-corrected chi connectivity index (χ2v) is 11.4. The highest BCUT2D eigenvalue weighted by Crippen LogP contribution is 2.25. The van der Waals surface area contributed by atoms with Crippen molar-refractivity contribution in [3.8, 4) is 25.7 Å². The zero-order valence-corrected chi connectivity index (χ0v) is 30.0. The van der Waals surface area contributed by atoms with Crippen LogP contribution in [0.3, 0.4) is 0 Å². The summed E-state index contributed by atoms with van der Waals surface area (Å²) in [6.07, 6.45) is 24.3. The van der Waals surface area contributed by atoms with Crippen molar-refractivity contribution in [2.24, 2.45) is 17.3 Å². The fourth-order valence-electron chi connectivity index (χ4n) is 2.83. The molecule has 246 valence electrons. The third-order valence-electron chi connectivity index (χ3n) is 4.53. The molecule has 0 spiro atoms. The van der Waals surface area contributed by atoms with Gasteiger partial charge in [0.2, 0.25) is 11.8 Å². The number of nitrogens with zero attached hydrogens (tertiary/aromatic N) is 1. The molecule has 6 heteroatoms. The number of likely N-dealkylation sites (tertiary alicyclic amines) is 1. The highest BCUT2D eigenvalue weighted by Gasteiger charge is 2.38. The first-order valence-corrected chi connectivity index (χ1v) is 15.3. The second-order valence-electron chi connectivity index (χ2n) is 11.4. The Morgan fingerprint density at radius 2 is 1.43 bits per heavy atom. The van der Waals surface area contributed by atoms with Crippen LogP contribution in [0.1, 0.15) is 116 Å². The molecule has 6 nitrogen and oxygen atoms in total. The molecule has 42 heavy (non-hydrogen) atoms. The van der Waals surface area contributed by atoms with E-state index in [-0.39, 0.29) is 23.3 Å². The molecule has 1 aliphatic heterocycles. The van der Waals surface area contributed by atoms with Crippen molar-refractivity contribution in [1.82, 2.24) is 15.5 Å². The molecule has 1 saturated carbocycles. The largest absolute Gasteiger partial charge is 0.352 e. The Labute approximate surface area is 263 Å². The molecule has 0 aromatic rings. The minimum atomic E-state index is -0.258. The maximum atomic E-state index is 12.0. The van der Waals surface area contributed by atoms with Gasteiger partial charge in [0.1, 0.15) is 12.3 Å². The van der Waals surface area contributed by atoms with Crippen LogP contribution in [0.4, 0.5) is 0 Å². The Bertz CT molecular complexity index is 699. The summed E-state index contributed by atoms with van der Waals surface area (Å²) in [4.78, 5) is 35.5. The molecule has 2 aliphatic rings. The van der Waals surface area contributed by atoms with E-state index in [4.69, 9.17) is 0 Å². The SMILES string of the molecule is C#C.C#C.C=CC=C(C)C.CC.CC.CC(C)(C)CC=O.CC(C)C.CNCC(=O)N1C[C@@H](C)C[C@H]1C(=O)NC1CC1. The summed E-state index contributed by atoms with van der Waals surface area (Å²) in [7, 11) is 1.75. The maximum Gasteiger partial charge on any atom is 0.243 e. The fourth-order valence-corrected chi connectivity index (χ4v) is 2.83. The summed E-state index contributed by atoms with van der Waals surface area (Å²) in [5, 5.41) is 5.84. The van der Waals surface area contributed by atoms with Crippen LogP contribution < -0.4 is 10.6 Å². The minimum Gasteiger partial charge on any atom is -0.352 e. The van der Waals surface area contributed by atoms with Crippen LogP contribution in [0, 0.1) is 42.9 Å². The van der Waals surface area contributed by atoms with Gasteiger partial charge >= 0.3 is 0 Å². The van der Waals surface area contributed by atoms with Crippen LogP contribution in [0.15, 0.2) is 24.3 Å². The van der Waals surface area contributed by atoms with Gasteiger partial charge in [-0.2, -0.15) is 0 Å². The Morgan fingerprint density at radius 1 is 1.00 bits per heavy atom. The van der Waals surface area contributed by atoms with Crippen molar-refractivity contribution in [1.29, 1.82) is 0 Å². The Morgan fingerprint density at radius 3 is 1.67 bits per heavy atom. The average molecular weight is 592 g/mol. The van der Waals surface area contributed by atoms with E-state index in [1.807, 2.05) is 68.4 Å². The number of aldehydes is 1. The van der Waals surface area contributed by atoms with Gasteiger partial charge in [-0.25, -0.2) is 0 Å². The zero-order chi connectivity index (χ0) is 34.9. The summed E-state index contributed by atoms with van der Waals surface area (Å²) in [5.74, 6) is 1.29. The highest BCUT2D eigenvalue weighted by atomic mass is 16.2. The molecule has 0 radical (unpaired) electrons. The molecular formula is C36H69N3O3. The lowest BCUT2D eigenvalue weighted by Crippen LogP contribution is -2.48. The second kappa shape index (κ2) is 36.2. The molecule has 2 amide bonds. The summed E-state index contributed by atoms with van der Waals surface area (Å²) in [5.41, 5.74) is 1.48. The quantitative estimate of drug-likeness (QED) is 0.189. The van der Waals surface area contributed by atoms with Crippen molar-refractivity contribution < 1.29 is 14.4 Å². The molecule has 0 bridgehead atoms. The van der Waals surface area contributed by atoms with Gasteiger partial charge in [0.15, 0.2) is 0 Å². The van der Waals surface area contributed by atoms with Gasteiger partial charge in [0, 0.05) is 19.0 Å². The predicted octanol–water partition coefficient (Wildman–Crippen LogP) is 7.70. The van der Waals surface area contributed by atoms with Crippen LogP contribution >= 0.6 is 0 Å². The molecular weight excluding hydrogens is 522 g/mol. The van der Waals surface area contributed by atoms with E-state index in [1.54, 1.807) is 18.0 Å². The topological polar surface area (TPSA) is 78.5 Å². The summed E-state index contributed by atoms with van der Waals surface area (Å²) >= 11 is 0. The average Bonchev–Trinajstić information content (AvgIpc) is 3.65. The number of terminal acetylenes is 2. The number of amides is 2. The molecule has 2 atom stereocenters. The Balaban J connectivity index is -0.000000109. The van der Waals surface area contributed by atoms with Crippen molar-refractivity contribution in [2.45, 2.75) is 128 Å². The van der Waals surface area contributed by atoms with Gasteiger partial charge < -0.3 is 20.3 Å². The van der Waals surface area contributed by atoms with E-state index >= 15 is 0 Å². The number of hydrogen-bond donors (Lipinski definition) is 2. The van der Waals surface area contributed by atoms with E-state index in [9.17, 15) is 14.4 Å². The summed E-state index contributed by atoms with van der Waals surface area (Å²) in [6, 6.07) is 0.103. The van der Waals surface area contributed by atoms with Crippen molar-refractivity contribution in [3.63, 3.8) is 0 Å². The lowest BCUT2D eigenvalue weighted by Gasteiger charge is -2.23. The van der Waals surface area contributed by atoms with Crippen LogP contribution in [-0.4, -0.2) is 55.2 Å². The van der Waals surface area contributed by atoms with E-state index < -0.39 is 0 Å². The van der Waals surface area contributed by atoms with Crippen LogP contribution in [-0.2, 0) is 14.4 Å². The standard InChI is InChI=1S/C12H21N3O2.C6H12O.C6H10.C4H10.2C2H6.2C2H2/c1-8-5-10(12(17)14-9-3-4-9)15(7-8)11(16)6-13-2;1-6(2,3)4-5-7;1-4-5-6(2)3;1-4(2)3;4*1-2/h8-10,13H,3-7H2,1-2H3,(H,14,17);5H,4H2,1-3H3;4-5H,1H2,2-3H3;4H,1-3H3;2*1-2H3;2*1-2H/t8-,10-;;;;;;;/m0......./s1. The van der Waals surface area contributed by atoms with Crippen molar-refractivity contribution >= 4 is 18.1 Å². The summed E-state index contributed by atoms with van der Waals surface area (Å²) < 4.78 is 0. The maximum absolute atomic E-state index is 12.0. The van der Waals surface area contributed by atoms with Gasteiger partial charge in [-0.05, 0) is 57.4 Å². The lowest BCUT2D eigenvalue weighted by atomic mass is 9.93. The number of likely N-dealkylation sites (N-methyl/N-ethyl adjacent to an activating group) is 1. The first kappa shape index (κ1) is 51.9. The van der Waals surface area contributed by atoms with E-state index in [1.165, 1.54) is 5.57 Å². The molecule has 1 saturated heterocycles. The number of carbonyl (C=O) groups is 3. The van der Waals surface area contributed by atoms with Gasteiger partial charge in [-0.3, -0.25) is 9.59 Å². The predicted molar refractivity (Wildman–Crippen MR) is 187 cm³/mol. The van der Waals surface area contributed by atoms with Gasteiger partial charge in [0.25, 0.3) is 0 Å². The monoisotopic (exact) mass is 592 g/mol. The lowest BCUT2D eigenvalue weighted by molar-refractivity contribution is -0.137. The molecule has 2 N–H and O–H groups in total. The molecule has 0 unspecified atom stereocenters. The van der Waals surface area contributed by atoms with E-state index in [2.05, 4.69) is 70.6 Å². The number of rotatable bonds is 6. The van der Waals surface area contributed by atoms with Crippen LogP contribution in [0.25, 0.3) is 0 Å². The van der Waals surface area contributed by atoms with E-state index in [0.29, 0.717) is 31.5 Å². The molecule has 1 aliphatic carbocycles. The van der Waals surface area contributed by atoms with Gasteiger partial charge in [-0.15, -0.1) is 25.7 Å². The number of hydrogen-bond acceptors (Lipinski definition) is 4. The normalized spacial score (nSPS) is 15.5. The summed E-state index contributed by atoms with van der Waals surface area (Å²) in [6.45, 7) is 31.3. The minimum absolute atomic E-state index is 0.0211. The molecule has 1 heterocycles. The first-order valence-electron chi connectivity index (χ1n) is 15.3. The van der Waals surface area contributed by atoms with Crippen molar-refractivity contribution in [2.75, 3.05) is 20.1 Å². The molecule has 0 aromatic heterocycles. The number of allylic oxidation sites excluding steroid dienone is 3. The molecule has 2 fully saturated rings. The fraction of sp³-hybridized carbons (Fsp3) is 0.694. The molecule has 0 aromatic carbocycles. The highest BCUT2D eigenvalue weighted by molar-refractivity contribution is 5.89. The molecule has 2 rings (SSSR count). The third-order valence-corrected chi connectivity index (χ3v) is 4.53. The Hall–Kier alpha value is -2.83.